The Morgan fingerprint density at radius 1 is 1.38 bits per heavy atom. The average molecular weight is 367 g/mol. The lowest BCUT2D eigenvalue weighted by Crippen LogP contribution is -3.14. The number of aliphatic hydroxyl groups is 1. The van der Waals surface area contributed by atoms with Crippen molar-refractivity contribution in [1.82, 2.24) is 0 Å². The van der Waals surface area contributed by atoms with Crippen LogP contribution in [0.5, 0.6) is 0 Å². The fourth-order valence-electron chi connectivity index (χ4n) is 5.54. The third-order valence-corrected chi connectivity index (χ3v) is 7.69. The summed E-state index contributed by atoms with van der Waals surface area (Å²) in [5.74, 6) is 0.127. The van der Waals surface area contributed by atoms with Crippen molar-refractivity contribution >= 4 is 5.97 Å². The van der Waals surface area contributed by atoms with E-state index in [1.807, 2.05) is 0 Å². The van der Waals surface area contributed by atoms with Gasteiger partial charge in [0.15, 0.2) is 0 Å². The number of carbonyl (C=O) groups excluding carboxylic acids is 1. The van der Waals surface area contributed by atoms with E-state index in [9.17, 15) is 9.90 Å². The number of hydrogen-bond donors (Lipinski definition) is 3. The molecule has 4 N–H and O–H groups in total. The van der Waals surface area contributed by atoms with Crippen molar-refractivity contribution in [2.45, 2.75) is 59.2 Å². The molecule has 0 radical (unpaired) electrons. The fraction of sp³-hybridized carbons (Fsp3) is 0.857. The summed E-state index contributed by atoms with van der Waals surface area (Å²) in [4.78, 5) is 14.1. The predicted octanol–water partition coefficient (Wildman–Crippen LogP) is -0.240. The number of hydrogen-bond acceptors (Lipinski definition) is 3. The molecule has 0 aromatic carbocycles. The molecule has 0 unspecified atom stereocenters. The van der Waals surface area contributed by atoms with Gasteiger partial charge in [0.05, 0.1) is 25.7 Å². The number of likely N-dealkylation sites (N-methyl/N-ethyl adjacent to an activating group) is 1. The van der Waals surface area contributed by atoms with Crippen LogP contribution in [0.2, 0.25) is 0 Å². The van der Waals surface area contributed by atoms with Crippen LogP contribution in [0, 0.1) is 23.2 Å². The first kappa shape index (κ1) is 19.8. The normalized spacial score (nSPS) is 39.4. The molecule has 3 aliphatic rings. The molecule has 5 heteroatoms. The molecule has 0 aromatic heterocycles. The van der Waals surface area contributed by atoms with E-state index in [1.165, 1.54) is 5.57 Å². The number of quaternary nitrogens is 2. The molecule has 6 atom stereocenters. The summed E-state index contributed by atoms with van der Waals surface area (Å²) in [6.07, 6.45) is 4.69. The maximum Gasteiger partial charge on any atom is 0.315 e. The number of nitrogens with one attached hydrogen (secondary N) is 1. The van der Waals surface area contributed by atoms with Crippen LogP contribution in [0.25, 0.3) is 0 Å². The SMILES string of the molecule is CC[NH+](CC)CC[NH2+]C[C@@H]1C(=O)O[C@H]2CC3=CCC[C@@H](C)[C@]3(C)[C@@H](O)[C@@H]21. The summed E-state index contributed by atoms with van der Waals surface area (Å²) in [7, 11) is 0. The third-order valence-electron chi connectivity index (χ3n) is 7.69. The van der Waals surface area contributed by atoms with Gasteiger partial charge in [0, 0.05) is 17.8 Å². The molecule has 1 aliphatic heterocycles. The summed E-state index contributed by atoms with van der Waals surface area (Å²) in [6.45, 7) is 14.1. The molecule has 0 spiro atoms. The van der Waals surface area contributed by atoms with Crippen LogP contribution in [0.1, 0.15) is 47.0 Å². The Morgan fingerprint density at radius 2 is 2.12 bits per heavy atom. The molecule has 5 nitrogen and oxygen atoms in total. The van der Waals surface area contributed by atoms with Crippen molar-refractivity contribution in [2.75, 3.05) is 32.7 Å². The van der Waals surface area contributed by atoms with E-state index in [-0.39, 0.29) is 29.3 Å². The molecular formula is C21H38N2O3+2. The second kappa shape index (κ2) is 7.99. The molecule has 2 fully saturated rings. The van der Waals surface area contributed by atoms with Gasteiger partial charge in [0.25, 0.3) is 0 Å². The highest BCUT2D eigenvalue weighted by atomic mass is 16.6. The van der Waals surface area contributed by atoms with E-state index in [4.69, 9.17) is 4.74 Å². The zero-order valence-corrected chi connectivity index (χ0v) is 17.0. The Balaban J connectivity index is 1.67. The van der Waals surface area contributed by atoms with E-state index in [0.717, 1.165) is 52.0 Å². The molecule has 2 aliphatic carbocycles. The molecule has 1 saturated heterocycles. The third kappa shape index (κ3) is 3.34. The van der Waals surface area contributed by atoms with Crippen LogP contribution >= 0.6 is 0 Å². The van der Waals surface area contributed by atoms with Gasteiger partial charge in [-0.3, -0.25) is 4.79 Å². The fourth-order valence-corrected chi connectivity index (χ4v) is 5.54. The van der Waals surface area contributed by atoms with Gasteiger partial charge in [-0.25, -0.2) is 0 Å². The monoisotopic (exact) mass is 366 g/mol. The van der Waals surface area contributed by atoms with Crippen molar-refractivity contribution in [2.24, 2.45) is 23.2 Å². The lowest BCUT2D eigenvalue weighted by atomic mass is 9.55. The van der Waals surface area contributed by atoms with Crippen molar-refractivity contribution in [3.63, 3.8) is 0 Å². The van der Waals surface area contributed by atoms with Gasteiger partial charge in [-0.1, -0.05) is 25.5 Å². The Hall–Kier alpha value is -0.910. The minimum absolute atomic E-state index is 0.0535. The van der Waals surface area contributed by atoms with Gasteiger partial charge in [-0.05, 0) is 32.6 Å². The molecule has 148 valence electrons. The van der Waals surface area contributed by atoms with E-state index >= 15 is 0 Å². The summed E-state index contributed by atoms with van der Waals surface area (Å²) >= 11 is 0. The van der Waals surface area contributed by atoms with E-state index in [0.29, 0.717) is 5.92 Å². The van der Waals surface area contributed by atoms with Gasteiger partial charge in [0.1, 0.15) is 25.1 Å². The summed E-state index contributed by atoms with van der Waals surface area (Å²) in [6, 6.07) is 0. The number of rotatable bonds is 7. The summed E-state index contributed by atoms with van der Waals surface area (Å²) in [5, 5.41) is 13.6. The van der Waals surface area contributed by atoms with Crippen LogP contribution in [0.3, 0.4) is 0 Å². The zero-order valence-electron chi connectivity index (χ0n) is 17.0. The number of allylic oxidation sites excluding steroid dienone is 1. The number of fused-ring (bicyclic) bond motifs is 2. The maximum atomic E-state index is 12.5. The van der Waals surface area contributed by atoms with Gasteiger partial charge in [-0.15, -0.1) is 0 Å². The summed E-state index contributed by atoms with van der Waals surface area (Å²) in [5.41, 5.74) is 1.12. The highest BCUT2D eigenvalue weighted by Gasteiger charge is 2.60. The molecule has 0 bridgehead atoms. The average Bonchev–Trinajstić information content (AvgIpc) is 2.93. The topological polar surface area (TPSA) is 67.6 Å². The molecule has 1 saturated carbocycles. The lowest BCUT2D eigenvalue weighted by molar-refractivity contribution is -0.909. The number of aliphatic hydroxyl groups excluding tert-OH is 1. The Bertz CT molecular complexity index is 545. The van der Waals surface area contributed by atoms with E-state index in [2.05, 4.69) is 39.1 Å². The number of ether oxygens (including phenoxy) is 1. The minimum atomic E-state index is -0.485. The van der Waals surface area contributed by atoms with E-state index < -0.39 is 6.10 Å². The van der Waals surface area contributed by atoms with Crippen molar-refractivity contribution < 1.29 is 24.9 Å². The largest absolute Gasteiger partial charge is 0.461 e. The zero-order chi connectivity index (χ0) is 18.9. The van der Waals surface area contributed by atoms with Crippen molar-refractivity contribution in [1.29, 1.82) is 0 Å². The quantitative estimate of drug-likeness (QED) is 0.331. The molecular weight excluding hydrogens is 328 g/mol. The first-order valence-electron chi connectivity index (χ1n) is 10.7. The van der Waals surface area contributed by atoms with Crippen LogP contribution in [0.4, 0.5) is 0 Å². The number of carbonyl (C=O) groups is 1. The van der Waals surface area contributed by atoms with Crippen LogP contribution < -0.4 is 10.2 Å². The molecule has 0 amide bonds. The Morgan fingerprint density at radius 3 is 2.81 bits per heavy atom. The summed E-state index contributed by atoms with van der Waals surface area (Å²) < 4.78 is 5.73. The predicted molar refractivity (Wildman–Crippen MR) is 101 cm³/mol. The van der Waals surface area contributed by atoms with Crippen LogP contribution in [-0.4, -0.2) is 56.0 Å². The number of esters is 1. The first-order valence-corrected chi connectivity index (χ1v) is 10.7. The Labute approximate surface area is 158 Å². The highest BCUT2D eigenvalue weighted by molar-refractivity contribution is 5.76. The molecule has 26 heavy (non-hydrogen) atoms. The smallest absolute Gasteiger partial charge is 0.315 e. The van der Waals surface area contributed by atoms with Crippen molar-refractivity contribution in [3.05, 3.63) is 11.6 Å². The number of nitrogens with two attached hydrogens (primary N) is 1. The lowest BCUT2D eigenvalue weighted by Gasteiger charge is -2.51. The molecule has 3 rings (SSSR count). The minimum Gasteiger partial charge on any atom is -0.461 e. The second-order valence-electron chi connectivity index (χ2n) is 8.82. The first-order chi connectivity index (χ1) is 12.4. The second-order valence-corrected chi connectivity index (χ2v) is 8.82. The van der Waals surface area contributed by atoms with Crippen LogP contribution in [0.15, 0.2) is 11.6 Å². The van der Waals surface area contributed by atoms with Gasteiger partial charge in [-0.2, -0.15) is 0 Å². The molecule has 0 aromatic rings. The van der Waals surface area contributed by atoms with E-state index in [1.54, 1.807) is 4.90 Å². The Kier molecular flexibility index (Phi) is 6.10. The maximum absolute atomic E-state index is 12.5. The highest BCUT2D eigenvalue weighted by Crippen LogP contribution is 2.55. The standard InChI is InChI=1S/C21H36N2O3/c1-5-23(6-2)11-10-22-13-16-18-17(26-20(16)25)12-15-9-7-8-14(3)21(15,4)19(18)24/h9,14,16-19,22,24H,5-8,10-13H2,1-4H3/p+2/t14-,16+,17+,18-,19+,21+/m1/s1. The van der Waals surface area contributed by atoms with Gasteiger partial charge < -0.3 is 20.1 Å². The van der Waals surface area contributed by atoms with Gasteiger partial charge >= 0.3 is 5.97 Å². The van der Waals surface area contributed by atoms with Crippen molar-refractivity contribution in [3.8, 4) is 0 Å². The van der Waals surface area contributed by atoms with Crippen LogP contribution in [-0.2, 0) is 9.53 Å². The molecule has 1 heterocycles. The van der Waals surface area contributed by atoms with Gasteiger partial charge in [0.2, 0.25) is 0 Å².